The zero-order chi connectivity index (χ0) is 15.6. The van der Waals surface area contributed by atoms with Gasteiger partial charge in [0, 0.05) is 5.41 Å². The molecule has 0 bridgehead atoms. The van der Waals surface area contributed by atoms with Crippen molar-refractivity contribution in [1.82, 2.24) is 0 Å². The van der Waals surface area contributed by atoms with E-state index in [2.05, 4.69) is 6.92 Å². The number of unbranched alkanes of at least 4 members (excludes halogenated alkanes) is 2. The van der Waals surface area contributed by atoms with Crippen molar-refractivity contribution in [2.24, 2.45) is 5.92 Å². The Balaban J connectivity index is 1.90. The molecule has 1 unspecified atom stereocenters. The van der Waals surface area contributed by atoms with Crippen LogP contribution in [0.15, 0.2) is 48.5 Å². The fourth-order valence-corrected chi connectivity index (χ4v) is 3.71. The van der Waals surface area contributed by atoms with Gasteiger partial charge in [-0.25, -0.2) is 0 Å². The highest BCUT2D eigenvalue weighted by atomic mass is 16.3. The quantitative estimate of drug-likeness (QED) is 0.738. The number of aromatic hydroxyl groups is 2. The summed E-state index contributed by atoms with van der Waals surface area (Å²) in [7, 11) is 0. The molecule has 0 radical (unpaired) electrons. The molecule has 0 amide bonds. The van der Waals surface area contributed by atoms with E-state index in [0.29, 0.717) is 17.4 Å². The van der Waals surface area contributed by atoms with E-state index in [1.165, 1.54) is 36.8 Å². The van der Waals surface area contributed by atoms with Gasteiger partial charge in [0.05, 0.1) is 0 Å². The topological polar surface area (TPSA) is 40.5 Å². The van der Waals surface area contributed by atoms with Crippen LogP contribution < -0.4 is 0 Å². The molecule has 2 N–H and O–H groups in total. The molecule has 2 aromatic rings. The molecule has 0 aliphatic heterocycles. The predicted molar refractivity (Wildman–Crippen MR) is 89.2 cm³/mol. The van der Waals surface area contributed by atoms with Gasteiger partial charge in [-0.3, -0.25) is 0 Å². The zero-order valence-electron chi connectivity index (χ0n) is 13.1. The van der Waals surface area contributed by atoms with Crippen molar-refractivity contribution in [3.8, 4) is 11.5 Å². The Kier molecular flexibility index (Phi) is 4.10. The molecule has 2 heteroatoms. The summed E-state index contributed by atoms with van der Waals surface area (Å²) < 4.78 is 0. The van der Waals surface area contributed by atoms with Gasteiger partial charge in [-0.05, 0) is 54.2 Å². The van der Waals surface area contributed by atoms with Crippen LogP contribution in [0, 0.1) is 5.92 Å². The highest BCUT2D eigenvalue weighted by Crippen LogP contribution is 2.61. The van der Waals surface area contributed by atoms with E-state index in [1.807, 2.05) is 24.3 Å². The standard InChI is InChI=1S/C20H24O2/c1-2-3-4-5-17-14-20(17,15-6-10-18(21)11-7-15)16-8-12-19(22)13-9-16/h6-13,17,21-22H,2-5,14H2,1H3. The number of phenolic OH excluding ortho intramolecular Hbond substituents is 2. The van der Waals surface area contributed by atoms with Gasteiger partial charge >= 0.3 is 0 Å². The molecular weight excluding hydrogens is 272 g/mol. The molecule has 0 heterocycles. The summed E-state index contributed by atoms with van der Waals surface area (Å²) in [4.78, 5) is 0. The molecular formula is C20H24O2. The average Bonchev–Trinajstić information content (AvgIpc) is 3.24. The molecule has 2 nitrogen and oxygen atoms in total. The van der Waals surface area contributed by atoms with Crippen molar-refractivity contribution >= 4 is 0 Å². The lowest BCUT2D eigenvalue weighted by molar-refractivity contribution is 0.474. The van der Waals surface area contributed by atoms with Gasteiger partial charge in [0.15, 0.2) is 0 Å². The number of benzene rings is 2. The van der Waals surface area contributed by atoms with Crippen LogP contribution >= 0.6 is 0 Å². The van der Waals surface area contributed by atoms with Gasteiger partial charge in [-0.2, -0.15) is 0 Å². The summed E-state index contributed by atoms with van der Waals surface area (Å²) in [6.45, 7) is 2.24. The summed E-state index contributed by atoms with van der Waals surface area (Å²) in [5.41, 5.74) is 2.62. The van der Waals surface area contributed by atoms with Crippen molar-refractivity contribution in [2.75, 3.05) is 0 Å². The highest BCUT2D eigenvalue weighted by Gasteiger charge is 2.55. The molecule has 116 valence electrons. The third-order valence-electron chi connectivity index (χ3n) is 5.03. The second-order valence-corrected chi connectivity index (χ2v) is 6.46. The molecule has 3 rings (SSSR count). The lowest BCUT2D eigenvalue weighted by Crippen LogP contribution is -2.12. The van der Waals surface area contributed by atoms with Gasteiger partial charge in [0.1, 0.15) is 11.5 Å². The van der Waals surface area contributed by atoms with Crippen LogP contribution in [0.2, 0.25) is 0 Å². The van der Waals surface area contributed by atoms with E-state index in [4.69, 9.17) is 0 Å². The molecule has 1 aliphatic rings. The fraction of sp³-hybridized carbons (Fsp3) is 0.400. The van der Waals surface area contributed by atoms with Gasteiger partial charge < -0.3 is 10.2 Å². The summed E-state index contributed by atoms with van der Waals surface area (Å²) in [6, 6.07) is 15.3. The van der Waals surface area contributed by atoms with Crippen molar-refractivity contribution in [3.05, 3.63) is 59.7 Å². The van der Waals surface area contributed by atoms with E-state index in [0.717, 1.165) is 6.42 Å². The maximum Gasteiger partial charge on any atom is 0.115 e. The van der Waals surface area contributed by atoms with Gasteiger partial charge in [-0.1, -0.05) is 50.5 Å². The minimum atomic E-state index is 0.0646. The zero-order valence-corrected chi connectivity index (χ0v) is 13.1. The number of hydrogen-bond donors (Lipinski definition) is 2. The maximum atomic E-state index is 9.56. The van der Waals surface area contributed by atoms with Crippen LogP contribution in [0.3, 0.4) is 0 Å². The second-order valence-electron chi connectivity index (χ2n) is 6.46. The molecule has 22 heavy (non-hydrogen) atoms. The molecule has 0 spiro atoms. The van der Waals surface area contributed by atoms with E-state index < -0.39 is 0 Å². The Morgan fingerprint density at radius 1 is 0.864 bits per heavy atom. The van der Waals surface area contributed by atoms with Crippen LogP contribution in [0.1, 0.15) is 50.2 Å². The van der Waals surface area contributed by atoms with E-state index >= 15 is 0 Å². The predicted octanol–water partition coefficient (Wildman–Crippen LogP) is 4.98. The lowest BCUT2D eigenvalue weighted by Gasteiger charge is -2.19. The van der Waals surface area contributed by atoms with Gasteiger partial charge in [-0.15, -0.1) is 0 Å². The second kappa shape index (κ2) is 6.04. The van der Waals surface area contributed by atoms with Crippen molar-refractivity contribution in [1.29, 1.82) is 0 Å². The monoisotopic (exact) mass is 296 g/mol. The smallest absolute Gasteiger partial charge is 0.115 e. The molecule has 2 aromatic carbocycles. The highest BCUT2D eigenvalue weighted by molar-refractivity contribution is 5.49. The first-order valence-corrected chi connectivity index (χ1v) is 8.26. The summed E-state index contributed by atoms with van der Waals surface area (Å²) in [5.74, 6) is 1.29. The molecule has 0 aromatic heterocycles. The third kappa shape index (κ3) is 2.70. The summed E-state index contributed by atoms with van der Waals surface area (Å²) in [6.07, 6.45) is 6.22. The lowest BCUT2D eigenvalue weighted by atomic mass is 9.84. The van der Waals surface area contributed by atoms with Crippen molar-refractivity contribution in [3.63, 3.8) is 0 Å². The first-order chi connectivity index (χ1) is 10.7. The van der Waals surface area contributed by atoms with Gasteiger partial charge in [0.25, 0.3) is 0 Å². The van der Waals surface area contributed by atoms with E-state index in [1.54, 1.807) is 24.3 Å². The number of hydrogen-bond acceptors (Lipinski definition) is 2. The molecule has 1 atom stereocenters. The first-order valence-electron chi connectivity index (χ1n) is 8.26. The van der Waals surface area contributed by atoms with Crippen molar-refractivity contribution in [2.45, 2.75) is 44.4 Å². The normalized spacial score (nSPS) is 19.0. The van der Waals surface area contributed by atoms with Crippen LogP contribution in [0.5, 0.6) is 11.5 Å². The fourth-order valence-electron chi connectivity index (χ4n) is 3.71. The molecule has 0 saturated heterocycles. The Bertz CT molecular complexity index is 568. The van der Waals surface area contributed by atoms with Crippen molar-refractivity contribution < 1.29 is 10.2 Å². The van der Waals surface area contributed by atoms with E-state index in [-0.39, 0.29) is 5.41 Å². The Labute approximate surface area is 132 Å². The molecule has 1 saturated carbocycles. The Morgan fingerprint density at radius 3 is 1.82 bits per heavy atom. The number of rotatable bonds is 6. The van der Waals surface area contributed by atoms with Crippen LogP contribution in [0.25, 0.3) is 0 Å². The molecule has 1 fully saturated rings. The van der Waals surface area contributed by atoms with E-state index in [9.17, 15) is 10.2 Å². The van der Waals surface area contributed by atoms with Crippen LogP contribution in [0.4, 0.5) is 0 Å². The Morgan fingerprint density at radius 2 is 1.36 bits per heavy atom. The first kappa shape index (κ1) is 15.0. The third-order valence-corrected chi connectivity index (χ3v) is 5.03. The summed E-state index contributed by atoms with van der Waals surface area (Å²) in [5, 5.41) is 19.1. The Hall–Kier alpha value is -1.96. The minimum absolute atomic E-state index is 0.0646. The minimum Gasteiger partial charge on any atom is -0.508 e. The van der Waals surface area contributed by atoms with Crippen LogP contribution in [-0.2, 0) is 5.41 Å². The van der Waals surface area contributed by atoms with Crippen LogP contribution in [-0.4, -0.2) is 10.2 Å². The van der Waals surface area contributed by atoms with Gasteiger partial charge in [0.2, 0.25) is 0 Å². The SMILES string of the molecule is CCCCCC1CC1(c1ccc(O)cc1)c1ccc(O)cc1. The average molecular weight is 296 g/mol. The number of phenols is 2. The maximum absolute atomic E-state index is 9.56. The summed E-state index contributed by atoms with van der Waals surface area (Å²) >= 11 is 0. The molecule has 1 aliphatic carbocycles. The largest absolute Gasteiger partial charge is 0.508 e.